The summed E-state index contributed by atoms with van der Waals surface area (Å²) >= 11 is 0. The molecule has 0 radical (unpaired) electrons. The van der Waals surface area contributed by atoms with Gasteiger partial charge in [-0.25, -0.2) is 0 Å². The Balaban J connectivity index is 2.13. The number of unbranched alkanes of at least 4 members (excludes halogenated alkanes) is 1. The van der Waals surface area contributed by atoms with Crippen LogP contribution in [0.15, 0.2) is 0 Å². The number of hydrogen-bond donors (Lipinski definition) is 1. The third kappa shape index (κ3) is 2.48. The standard InChI is InChI=1S/C10H21N/c1-3-4-8-10(11-2)9-6-5-7-9/h9-11H,3-8H2,1-2H3. The average Bonchev–Trinajstić information content (AvgIpc) is 1.93. The smallest absolute Gasteiger partial charge is 0.00923 e. The summed E-state index contributed by atoms with van der Waals surface area (Å²) in [6, 6.07) is 0.823. The molecule has 66 valence electrons. The second-order valence-electron chi connectivity index (χ2n) is 3.73. The van der Waals surface area contributed by atoms with Crippen LogP contribution >= 0.6 is 0 Å². The summed E-state index contributed by atoms with van der Waals surface area (Å²) in [7, 11) is 2.11. The van der Waals surface area contributed by atoms with Gasteiger partial charge < -0.3 is 5.32 Å². The lowest BCUT2D eigenvalue weighted by Gasteiger charge is -2.33. The highest BCUT2D eigenvalue weighted by Gasteiger charge is 2.24. The van der Waals surface area contributed by atoms with Gasteiger partial charge >= 0.3 is 0 Å². The minimum atomic E-state index is 0.823. The first kappa shape index (κ1) is 9.05. The summed E-state index contributed by atoms with van der Waals surface area (Å²) in [6.45, 7) is 2.27. The Bertz CT molecular complexity index is 97.0. The average molecular weight is 155 g/mol. The predicted molar refractivity (Wildman–Crippen MR) is 49.7 cm³/mol. The molecule has 1 aliphatic carbocycles. The lowest BCUT2D eigenvalue weighted by atomic mass is 9.78. The van der Waals surface area contributed by atoms with Gasteiger partial charge in [-0.1, -0.05) is 26.2 Å². The first-order valence-corrected chi connectivity index (χ1v) is 5.05. The van der Waals surface area contributed by atoms with Crippen molar-refractivity contribution in [3.63, 3.8) is 0 Å². The van der Waals surface area contributed by atoms with Crippen molar-refractivity contribution in [1.29, 1.82) is 0 Å². The molecule has 11 heavy (non-hydrogen) atoms. The van der Waals surface area contributed by atoms with Crippen LogP contribution in [0.25, 0.3) is 0 Å². The molecule has 0 aromatic heterocycles. The zero-order chi connectivity index (χ0) is 8.10. The number of nitrogens with one attached hydrogen (secondary N) is 1. The molecule has 0 heterocycles. The van der Waals surface area contributed by atoms with Crippen molar-refractivity contribution in [2.75, 3.05) is 7.05 Å². The van der Waals surface area contributed by atoms with Gasteiger partial charge in [-0.15, -0.1) is 0 Å². The van der Waals surface area contributed by atoms with Crippen molar-refractivity contribution >= 4 is 0 Å². The van der Waals surface area contributed by atoms with Gasteiger partial charge in [-0.2, -0.15) is 0 Å². The van der Waals surface area contributed by atoms with E-state index < -0.39 is 0 Å². The van der Waals surface area contributed by atoms with Crippen molar-refractivity contribution in [3.8, 4) is 0 Å². The molecule has 0 aromatic rings. The molecular weight excluding hydrogens is 134 g/mol. The summed E-state index contributed by atoms with van der Waals surface area (Å²) in [5.74, 6) is 1.01. The van der Waals surface area contributed by atoms with Crippen LogP contribution in [-0.2, 0) is 0 Å². The minimum absolute atomic E-state index is 0.823. The Morgan fingerprint density at radius 2 is 2.18 bits per heavy atom. The molecule has 1 nitrogen and oxygen atoms in total. The van der Waals surface area contributed by atoms with E-state index in [1.54, 1.807) is 0 Å². The van der Waals surface area contributed by atoms with Crippen LogP contribution < -0.4 is 5.32 Å². The van der Waals surface area contributed by atoms with Crippen molar-refractivity contribution in [1.82, 2.24) is 5.32 Å². The molecule has 0 saturated heterocycles. The van der Waals surface area contributed by atoms with Gasteiger partial charge in [0.1, 0.15) is 0 Å². The minimum Gasteiger partial charge on any atom is -0.317 e. The Labute approximate surface area is 70.6 Å². The summed E-state index contributed by atoms with van der Waals surface area (Å²) in [6.07, 6.45) is 8.52. The van der Waals surface area contributed by atoms with Crippen molar-refractivity contribution < 1.29 is 0 Å². The van der Waals surface area contributed by atoms with Crippen molar-refractivity contribution in [2.24, 2.45) is 5.92 Å². The molecule has 0 amide bonds. The number of hydrogen-bond acceptors (Lipinski definition) is 1. The molecular formula is C10H21N. The van der Waals surface area contributed by atoms with E-state index in [2.05, 4.69) is 19.3 Å². The van der Waals surface area contributed by atoms with Crippen LogP contribution in [0.5, 0.6) is 0 Å². The van der Waals surface area contributed by atoms with Gasteiger partial charge in [0.25, 0.3) is 0 Å². The maximum Gasteiger partial charge on any atom is 0.00923 e. The monoisotopic (exact) mass is 155 g/mol. The highest BCUT2D eigenvalue weighted by atomic mass is 14.9. The zero-order valence-corrected chi connectivity index (χ0v) is 7.90. The normalized spacial score (nSPS) is 21.3. The van der Waals surface area contributed by atoms with E-state index in [4.69, 9.17) is 0 Å². The highest BCUT2D eigenvalue weighted by molar-refractivity contribution is 4.81. The molecule has 1 atom stereocenters. The molecule has 0 bridgehead atoms. The topological polar surface area (TPSA) is 12.0 Å². The third-order valence-electron chi connectivity index (χ3n) is 2.96. The fraction of sp³-hybridized carbons (Fsp3) is 1.00. The van der Waals surface area contributed by atoms with E-state index >= 15 is 0 Å². The molecule has 1 saturated carbocycles. The van der Waals surface area contributed by atoms with Gasteiger partial charge in [0.2, 0.25) is 0 Å². The Kier molecular flexibility index (Phi) is 3.92. The Morgan fingerprint density at radius 3 is 2.55 bits per heavy atom. The van der Waals surface area contributed by atoms with Crippen LogP contribution in [0, 0.1) is 5.92 Å². The molecule has 1 heteroatoms. The van der Waals surface area contributed by atoms with Gasteiger partial charge in [0, 0.05) is 6.04 Å². The van der Waals surface area contributed by atoms with Crippen LogP contribution in [0.2, 0.25) is 0 Å². The van der Waals surface area contributed by atoms with E-state index in [1.807, 2.05) is 0 Å². The second kappa shape index (κ2) is 4.76. The van der Waals surface area contributed by atoms with E-state index in [-0.39, 0.29) is 0 Å². The SMILES string of the molecule is CCCCC(NC)C1CCC1. The van der Waals surface area contributed by atoms with E-state index in [0.29, 0.717) is 0 Å². The third-order valence-corrected chi connectivity index (χ3v) is 2.96. The Hall–Kier alpha value is -0.0400. The quantitative estimate of drug-likeness (QED) is 0.643. The fourth-order valence-corrected chi connectivity index (χ4v) is 1.88. The van der Waals surface area contributed by atoms with Gasteiger partial charge in [0.15, 0.2) is 0 Å². The van der Waals surface area contributed by atoms with Crippen LogP contribution in [-0.4, -0.2) is 13.1 Å². The van der Waals surface area contributed by atoms with E-state index in [1.165, 1.54) is 38.5 Å². The maximum atomic E-state index is 3.44. The number of rotatable bonds is 5. The maximum absolute atomic E-state index is 3.44. The first-order valence-electron chi connectivity index (χ1n) is 5.05. The summed E-state index contributed by atoms with van der Waals surface area (Å²) in [4.78, 5) is 0. The predicted octanol–water partition coefficient (Wildman–Crippen LogP) is 2.56. The molecule has 1 N–H and O–H groups in total. The zero-order valence-electron chi connectivity index (χ0n) is 7.90. The summed E-state index contributed by atoms with van der Waals surface area (Å²) in [5.41, 5.74) is 0. The second-order valence-corrected chi connectivity index (χ2v) is 3.73. The Morgan fingerprint density at radius 1 is 1.45 bits per heavy atom. The van der Waals surface area contributed by atoms with Crippen molar-refractivity contribution in [3.05, 3.63) is 0 Å². The van der Waals surface area contributed by atoms with Crippen molar-refractivity contribution in [2.45, 2.75) is 51.5 Å². The first-order chi connectivity index (χ1) is 5.38. The van der Waals surface area contributed by atoms with Gasteiger partial charge in [-0.3, -0.25) is 0 Å². The van der Waals surface area contributed by atoms with E-state index in [9.17, 15) is 0 Å². The van der Waals surface area contributed by atoms with Gasteiger partial charge in [-0.05, 0) is 32.2 Å². The highest BCUT2D eigenvalue weighted by Crippen LogP contribution is 2.31. The van der Waals surface area contributed by atoms with E-state index in [0.717, 1.165) is 12.0 Å². The summed E-state index contributed by atoms with van der Waals surface area (Å²) in [5, 5.41) is 3.44. The van der Waals surface area contributed by atoms with Crippen LogP contribution in [0.4, 0.5) is 0 Å². The molecule has 1 unspecified atom stereocenters. The molecule has 0 aliphatic heterocycles. The van der Waals surface area contributed by atoms with Crippen LogP contribution in [0.1, 0.15) is 45.4 Å². The molecule has 1 fully saturated rings. The largest absolute Gasteiger partial charge is 0.317 e. The molecule has 0 aromatic carbocycles. The lowest BCUT2D eigenvalue weighted by Crippen LogP contribution is -2.37. The molecule has 0 spiro atoms. The van der Waals surface area contributed by atoms with Crippen LogP contribution in [0.3, 0.4) is 0 Å². The molecule has 1 rings (SSSR count). The summed E-state index contributed by atoms with van der Waals surface area (Å²) < 4.78 is 0. The van der Waals surface area contributed by atoms with Gasteiger partial charge in [0.05, 0.1) is 0 Å². The molecule has 1 aliphatic rings. The lowest BCUT2D eigenvalue weighted by molar-refractivity contribution is 0.225. The fourth-order valence-electron chi connectivity index (χ4n) is 1.88.